The maximum absolute atomic E-state index is 9.89. The molecule has 0 bridgehead atoms. The van der Waals surface area contributed by atoms with Gasteiger partial charge >= 0.3 is 0 Å². The van der Waals surface area contributed by atoms with Crippen molar-refractivity contribution in [1.29, 1.82) is 0 Å². The molecule has 0 aliphatic heterocycles. The number of aryl methyl sites for hydroxylation is 1. The summed E-state index contributed by atoms with van der Waals surface area (Å²) in [5, 5.41) is 26.9. The minimum atomic E-state index is 0.0663. The first-order valence-electron chi connectivity index (χ1n) is 5.67. The lowest BCUT2D eigenvalue weighted by Gasteiger charge is -2.02. The van der Waals surface area contributed by atoms with E-state index in [2.05, 4.69) is 25.2 Å². The van der Waals surface area contributed by atoms with Crippen LogP contribution in [0.15, 0.2) is 51.3 Å². The topological polar surface area (TPSA) is 83.9 Å². The van der Waals surface area contributed by atoms with Gasteiger partial charge in [-0.25, -0.2) is 4.63 Å². The van der Waals surface area contributed by atoms with Gasteiger partial charge in [0.15, 0.2) is 0 Å². The minimum absolute atomic E-state index is 0.0663. The number of aromatic nitrogens is 2. The summed E-state index contributed by atoms with van der Waals surface area (Å²) in [4.78, 5) is 0. The number of azo groups is 1. The van der Waals surface area contributed by atoms with Gasteiger partial charge in [-0.15, -0.1) is 10.2 Å². The quantitative estimate of drug-likeness (QED) is 0.707. The summed E-state index contributed by atoms with van der Waals surface area (Å²) in [5.41, 5.74) is 0.948. The first kappa shape index (κ1) is 11.3. The highest BCUT2D eigenvalue weighted by Gasteiger charge is 2.07. The Morgan fingerprint density at radius 2 is 1.89 bits per heavy atom. The summed E-state index contributed by atoms with van der Waals surface area (Å²) < 4.78 is 4.54. The fourth-order valence-electron chi connectivity index (χ4n) is 1.76. The minimum Gasteiger partial charge on any atom is -0.506 e. The predicted molar refractivity (Wildman–Crippen MR) is 68.8 cm³/mol. The lowest BCUT2D eigenvalue weighted by Crippen LogP contribution is -1.75. The molecule has 3 rings (SSSR count). The van der Waals surface area contributed by atoms with E-state index in [0.717, 1.165) is 10.8 Å². The zero-order valence-electron chi connectivity index (χ0n) is 10.1. The van der Waals surface area contributed by atoms with Gasteiger partial charge in [-0.3, -0.25) is 0 Å². The van der Waals surface area contributed by atoms with E-state index in [1.807, 2.05) is 30.3 Å². The lowest BCUT2D eigenvalue weighted by atomic mass is 10.1. The third kappa shape index (κ3) is 2.03. The van der Waals surface area contributed by atoms with Crippen LogP contribution < -0.4 is 0 Å². The van der Waals surface area contributed by atoms with Crippen LogP contribution in [0.5, 0.6) is 5.75 Å². The van der Waals surface area contributed by atoms with Crippen molar-refractivity contribution in [2.24, 2.45) is 10.2 Å². The Morgan fingerprint density at radius 3 is 2.68 bits per heavy atom. The number of fused-ring (bicyclic) bond motifs is 1. The SMILES string of the molecule is Cc1nonc1N=Nc1c(O)ccc2ccccc12. The average molecular weight is 254 g/mol. The summed E-state index contributed by atoms with van der Waals surface area (Å²) in [6.07, 6.45) is 0. The second-order valence-electron chi connectivity index (χ2n) is 4.03. The first-order chi connectivity index (χ1) is 9.25. The van der Waals surface area contributed by atoms with Gasteiger partial charge < -0.3 is 5.11 Å². The molecule has 0 fully saturated rings. The van der Waals surface area contributed by atoms with E-state index in [-0.39, 0.29) is 5.75 Å². The van der Waals surface area contributed by atoms with Crippen molar-refractivity contribution >= 4 is 22.3 Å². The molecule has 3 aromatic rings. The van der Waals surface area contributed by atoms with E-state index in [0.29, 0.717) is 17.2 Å². The maximum atomic E-state index is 9.89. The number of hydrogen-bond acceptors (Lipinski definition) is 6. The maximum Gasteiger partial charge on any atom is 0.240 e. The number of benzene rings is 2. The van der Waals surface area contributed by atoms with Crippen molar-refractivity contribution < 1.29 is 9.74 Å². The Balaban J connectivity index is 2.12. The molecule has 6 nitrogen and oxygen atoms in total. The van der Waals surface area contributed by atoms with Crippen molar-refractivity contribution in [2.45, 2.75) is 6.92 Å². The van der Waals surface area contributed by atoms with Crippen LogP contribution in [0.4, 0.5) is 11.5 Å². The Morgan fingerprint density at radius 1 is 1.05 bits per heavy atom. The normalized spacial score (nSPS) is 11.4. The van der Waals surface area contributed by atoms with E-state index >= 15 is 0 Å². The van der Waals surface area contributed by atoms with E-state index in [1.165, 1.54) is 0 Å². The van der Waals surface area contributed by atoms with Crippen LogP contribution in [0.25, 0.3) is 10.8 Å². The van der Waals surface area contributed by atoms with Gasteiger partial charge in [0, 0.05) is 5.39 Å². The Kier molecular flexibility index (Phi) is 2.68. The summed E-state index contributed by atoms with van der Waals surface area (Å²) >= 11 is 0. The molecule has 0 saturated heterocycles. The van der Waals surface area contributed by atoms with Gasteiger partial charge in [0.25, 0.3) is 0 Å². The molecule has 0 unspecified atom stereocenters. The Labute approximate surface area is 108 Å². The van der Waals surface area contributed by atoms with Crippen molar-refractivity contribution in [2.75, 3.05) is 0 Å². The van der Waals surface area contributed by atoms with E-state index < -0.39 is 0 Å². The molecule has 0 radical (unpaired) electrons. The first-order valence-corrected chi connectivity index (χ1v) is 5.67. The van der Waals surface area contributed by atoms with Crippen molar-refractivity contribution in [3.05, 3.63) is 42.1 Å². The van der Waals surface area contributed by atoms with Crippen LogP contribution in [0.2, 0.25) is 0 Å². The molecule has 94 valence electrons. The molecule has 0 aliphatic carbocycles. The molecule has 0 spiro atoms. The smallest absolute Gasteiger partial charge is 0.240 e. The fourth-order valence-corrected chi connectivity index (χ4v) is 1.76. The standard InChI is InChI=1S/C13H10N4O2/c1-8-13(17-19-16-8)15-14-12-10-5-3-2-4-9(10)6-7-11(12)18/h2-7,18H,1H3. The molecular formula is C13H10N4O2. The van der Waals surface area contributed by atoms with Crippen molar-refractivity contribution in [1.82, 2.24) is 10.3 Å². The molecule has 1 heterocycles. The monoisotopic (exact) mass is 254 g/mol. The van der Waals surface area contributed by atoms with Gasteiger partial charge in [0.1, 0.15) is 17.1 Å². The third-order valence-electron chi connectivity index (χ3n) is 2.75. The zero-order valence-corrected chi connectivity index (χ0v) is 10.1. The summed E-state index contributed by atoms with van der Waals surface area (Å²) in [5.74, 6) is 0.365. The summed E-state index contributed by atoms with van der Waals surface area (Å²) in [7, 11) is 0. The van der Waals surface area contributed by atoms with Crippen molar-refractivity contribution in [3.8, 4) is 5.75 Å². The van der Waals surface area contributed by atoms with Gasteiger partial charge in [0.05, 0.1) is 0 Å². The number of hydrogen-bond donors (Lipinski definition) is 1. The molecule has 1 N–H and O–H groups in total. The van der Waals surface area contributed by atoms with E-state index in [4.69, 9.17) is 0 Å². The molecule has 0 aliphatic rings. The van der Waals surface area contributed by atoms with Crippen molar-refractivity contribution in [3.63, 3.8) is 0 Å². The molecule has 0 amide bonds. The Hall–Kier alpha value is -2.76. The third-order valence-corrected chi connectivity index (χ3v) is 2.75. The molecular weight excluding hydrogens is 244 g/mol. The highest BCUT2D eigenvalue weighted by molar-refractivity contribution is 5.95. The second-order valence-corrected chi connectivity index (χ2v) is 4.03. The van der Waals surface area contributed by atoms with Gasteiger partial charge in [-0.2, -0.15) is 0 Å². The number of nitrogens with zero attached hydrogens (tertiary/aromatic N) is 4. The highest BCUT2D eigenvalue weighted by atomic mass is 16.6. The highest BCUT2D eigenvalue weighted by Crippen LogP contribution is 2.35. The van der Waals surface area contributed by atoms with Crippen LogP contribution in [0.1, 0.15) is 5.69 Å². The summed E-state index contributed by atoms with van der Waals surface area (Å²) in [6.45, 7) is 1.72. The number of phenols is 1. The van der Waals surface area contributed by atoms with E-state index in [9.17, 15) is 5.11 Å². The van der Waals surface area contributed by atoms with Gasteiger partial charge in [0.2, 0.25) is 5.82 Å². The van der Waals surface area contributed by atoms with Crippen LogP contribution in [0.3, 0.4) is 0 Å². The number of rotatable bonds is 2. The number of aromatic hydroxyl groups is 1. The Bertz CT molecular complexity index is 764. The molecule has 0 saturated carbocycles. The predicted octanol–water partition coefficient (Wildman–Crippen LogP) is 3.65. The van der Waals surface area contributed by atoms with Crippen LogP contribution in [-0.2, 0) is 0 Å². The number of phenolic OH excluding ortho intramolecular Hbond substituents is 1. The van der Waals surface area contributed by atoms with Crippen LogP contribution in [0, 0.1) is 6.92 Å². The van der Waals surface area contributed by atoms with Crippen LogP contribution in [-0.4, -0.2) is 15.4 Å². The lowest BCUT2D eigenvalue weighted by molar-refractivity contribution is 0.305. The summed E-state index contributed by atoms with van der Waals surface area (Å²) in [6, 6.07) is 11.0. The van der Waals surface area contributed by atoms with Gasteiger partial charge in [-0.05, 0) is 23.5 Å². The average Bonchev–Trinajstić information content (AvgIpc) is 2.83. The van der Waals surface area contributed by atoms with Gasteiger partial charge in [-0.1, -0.05) is 35.5 Å². The molecule has 0 atom stereocenters. The second kappa shape index (κ2) is 4.49. The molecule has 2 aromatic carbocycles. The van der Waals surface area contributed by atoms with Crippen LogP contribution >= 0.6 is 0 Å². The van der Waals surface area contributed by atoms with E-state index in [1.54, 1.807) is 13.0 Å². The zero-order chi connectivity index (χ0) is 13.2. The largest absolute Gasteiger partial charge is 0.506 e. The molecule has 6 heteroatoms. The molecule has 1 aromatic heterocycles. The molecule has 19 heavy (non-hydrogen) atoms. The fraction of sp³-hybridized carbons (Fsp3) is 0.0769.